The van der Waals surface area contributed by atoms with E-state index in [0.717, 1.165) is 37.2 Å². The highest BCUT2D eigenvalue weighted by Crippen LogP contribution is 2.38. The molecule has 3 aromatic rings. The maximum absolute atomic E-state index is 15.1. The minimum atomic E-state index is -0.433. The van der Waals surface area contributed by atoms with E-state index in [0.29, 0.717) is 24.3 Å². The summed E-state index contributed by atoms with van der Waals surface area (Å²) in [5.74, 6) is -0.0940. The van der Waals surface area contributed by atoms with Crippen LogP contribution in [-0.2, 0) is 0 Å². The Bertz CT molecular complexity index is 1290. The number of aromatic nitrogens is 1. The molecule has 5 rings (SSSR count). The molecule has 6 nitrogen and oxygen atoms in total. The summed E-state index contributed by atoms with van der Waals surface area (Å²) in [6, 6.07) is 10.6. The second-order valence-corrected chi connectivity index (χ2v) is 8.54. The maximum atomic E-state index is 15.1. The number of hydrogen-bond donors (Lipinski definition) is 1. The van der Waals surface area contributed by atoms with Gasteiger partial charge in [0.05, 0.1) is 23.9 Å². The van der Waals surface area contributed by atoms with Crippen molar-refractivity contribution in [2.75, 3.05) is 38.2 Å². The number of nitrogens with zero attached hydrogens (tertiary/aromatic N) is 2. The molecule has 2 aromatic carbocycles. The number of halogens is 1. The second kappa shape index (κ2) is 8.83. The van der Waals surface area contributed by atoms with Crippen LogP contribution in [0.5, 0.6) is 5.75 Å². The maximum Gasteiger partial charge on any atom is 0.200 e. The van der Waals surface area contributed by atoms with Crippen LogP contribution >= 0.6 is 0 Å². The molecule has 33 heavy (non-hydrogen) atoms. The van der Waals surface area contributed by atoms with Crippen LogP contribution in [0, 0.1) is 5.82 Å². The predicted molar refractivity (Wildman–Crippen MR) is 128 cm³/mol. The molecule has 1 saturated carbocycles. The van der Waals surface area contributed by atoms with Crippen LogP contribution in [0.15, 0.2) is 53.5 Å². The van der Waals surface area contributed by atoms with E-state index >= 15 is 4.39 Å². The third-order valence-corrected chi connectivity index (χ3v) is 6.31. The molecular formula is C26H26FN3O3. The Kier molecular flexibility index (Phi) is 5.72. The minimum absolute atomic E-state index is 0.0634. The van der Waals surface area contributed by atoms with E-state index in [2.05, 4.69) is 5.32 Å². The lowest BCUT2D eigenvalue weighted by molar-refractivity contribution is 0.104. The number of piperazine rings is 1. The zero-order valence-corrected chi connectivity index (χ0v) is 18.5. The number of ketones is 1. The Hall–Kier alpha value is -3.45. The topological polar surface area (TPSA) is 63.6 Å². The lowest BCUT2D eigenvalue weighted by atomic mass is 10.1. The Morgan fingerprint density at radius 1 is 1.15 bits per heavy atom. The van der Waals surface area contributed by atoms with Crippen LogP contribution in [0.3, 0.4) is 0 Å². The van der Waals surface area contributed by atoms with Crippen molar-refractivity contribution in [2.24, 2.45) is 0 Å². The molecule has 2 aliphatic rings. The highest BCUT2D eigenvalue weighted by Gasteiger charge is 2.28. The van der Waals surface area contributed by atoms with E-state index in [9.17, 15) is 9.59 Å². The largest absolute Gasteiger partial charge is 0.497 e. The van der Waals surface area contributed by atoms with Gasteiger partial charge < -0.3 is 19.5 Å². The molecule has 170 valence electrons. The number of anilines is 1. The fourth-order valence-electron chi connectivity index (χ4n) is 4.31. The first kappa shape index (κ1) is 21.4. The number of fused-ring (bicyclic) bond motifs is 1. The van der Waals surface area contributed by atoms with Crippen LogP contribution in [0.1, 0.15) is 34.8 Å². The number of ether oxygens (including phenoxy) is 1. The molecule has 1 aliphatic heterocycles. The number of carbonyl (C=O) groups excluding carboxylic acids is 1. The van der Waals surface area contributed by atoms with Crippen molar-refractivity contribution in [3.05, 3.63) is 75.8 Å². The molecule has 2 heterocycles. The molecule has 0 unspecified atom stereocenters. The highest BCUT2D eigenvalue weighted by atomic mass is 19.1. The number of pyridine rings is 1. The van der Waals surface area contributed by atoms with Crippen LogP contribution in [0.2, 0.25) is 0 Å². The molecule has 7 heteroatoms. The zero-order valence-electron chi connectivity index (χ0n) is 18.5. The van der Waals surface area contributed by atoms with E-state index < -0.39 is 17.0 Å². The lowest BCUT2D eigenvalue weighted by Gasteiger charge is -2.30. The predicted octanol–water partition coefficient (Wildman–Crippen LogP) is 3.79. The minimum Gasteiger partial charge on any atom is -0.497 e. The molecular weight excluding hydrogens is 421 g/mol. The van der Waals surface area contributed by atoms with Crippen molar-refractivity contribution in [2.45, 2.75) is 18.9 Å². The standard InChI is InChI=1S/C26H26FN3O3/c1-33-19-7-2-17(3-8-19)4-9-25(31)21-16-30(18-5-6-18)23-15-24(29-12-10-28-11-13-29)22(27)14-20(23)26(21)32/h2-4,7-9,14-16,18,28H,5-6,10-13H2,1H3. The van der Waals surface area contributed by atoms with Crippen molar-refractivity contribution >= 4 is 28.4 Å². The van der Waals surface area contributed by atoms with Crippen molar-refractivity contribution in [3.63, 3.8) is 0 Å². The van der Waals surface area contributed by atoms with E-state index in [-0.39, 0.29) is 17.0 Å². The summed E-state index contributed by atoms with van der Waals surface area (Å²) >= 11 is 0. The highest BCUT2D eigenvalue weighted by molar-refractivity contribution is 6.08. The van der Waals surface area contributed by atoms with Gasteiger partial charge in [-0.05, 0) is 48.7 Å². The molecule has 0 bridgehead atoms. The van der Waals surface area contributed by atoms with Gasteiger partial charge in [0.15, 0.2) is 5.78 Å². The molecule has 0 atom stereocenters. The van der Waals surface area contributed by atoms with E-state index in [1.807, 2.05) is 21.6 Å². The van der Waals surface area contributed by atoms with Gasteiger partial charge in [0.25, 0.3) is 0 Å². The van der Waals surface area contributed by atoms with Gasteiger partial charge in [-0.3, -0.25) is 9.59 Å². The molecule has 0 spiro atoms. The summed E-state index contributed by atoms with van der Waals surface area (Å²) in [5, 5.41) is 3.52. The fraction of sp³-hybridized carbons (Fsp3) is 0.308. The number of rotatable bonds is 6. The summed E-state index contributed by atoms with van der Waals surface area (Å²) in [6.45, 7) is 3.01. The summed E-state index contributed by atoms with van der Waals surface area (Å²) < 4.78 is 22.2. The van der Waals surface area contributed by atoms with Gasteiger partial charge in [-0.25, -0.2) is 4.39 Å². The number of hydrogen-bond acceptors (Lipinski definition) is 5. The zero-order chi connectivity index (χ0) is 22.9. The quantitative estimate of drug-likeness (QED) is 0.460. The van der Waals surface area contributed by atoms with E-state index in [4.69, 9.17) is 4.74 Å². The summed E-state index contributed by atoms with van der Waals surface area (Å²) in [6.07, 6.45) is 6.68. The first-order valence-corrected chi connectivity index (χ1v) is 11.3. The summed E-state index contributed by atoms with van der Waals surface area (Å²) in [7, 11) is 1.59. The number of allylic oxidation sites excluding steroid dienone is 1. The Labute approximate surface area is 191 Å². The SMILES string of the molecule is COc1ccc(C=CC(=O)c2cn(C3CC3)c3cc(N4CCNCC4)c(F)cc3c2=O)cc1. The van der Waals surface area contributed by atoms with Gasteiger partial charge in [0, 0.05) is 43.8 Å². The third-order valence-electron chi connectivity index (χ3n) is 6.31. The van der Waals surface area contributed by atoms with Crippen LogP contribution < -0.4 is 20.4 Å². The summed E-state index contributed by atoms with van der Waals surface area (Å²) in [5.41, 5.74) is 1.65. The molecule has 1 N–H and O–H groups in total. The molecule has 1 aromatic heterocycles. The van der Waals surface area contributed by atoms with Crippen molar-refractivity contribution in [1.82, 2.24) is 9.88 Å². The smallest absolute Gasteiger partial charge is 0.200 e. The first-order chi connectivity index (χ1) is 16.0. The second-order valence-electron chi connectivity index (χ2n) is 8.54. The fourth-order valence-corrected chi connectivity index (χ4v) is 4.31. The number of nitrogens with one attached hydrogen (secondary N) is 1. The van der Waals surface area contributed by atoms with Crippen LogP contribution in [-0.4, -0.2) is 43.6 Å². The van der Waals surface area contributed by atoms with Crippen molar-refractivity contribution in [1.29, 1.82) is 0 Å². The lowest BCUT2D eigenvalue weighted by Crippen LogP contribution is -2.43. The van der Waals surface area contributed by atoms with Crippen molar-refractivity contribution < 1.29 is 13.9 Å². The van der Waals surface area contributed by atoms with Crippen LogP contribution in [0.4, 0.5) is 10.1 Å². The Morgan fingerprint density at radius 3 is 2.55 bits per heavy atom. The van der Waals surface area contributed by atoms with E-state index in [1.54, 1.807) is 37.6 Å². The van der Waals surface area contributed by atoms with Gasteiger partial charge in [0.2, 0.25) is 5.43 Å². The average molecular weight is 448 g/mol. The van der Waals surface area contributed by atoms with Gasteiger partial charge in [-0.1, -0.05) is 18.2 Å². The van der Waals surface area contributed by atoms with E-state index in [1.165, 1.54) is 12.1 Å². The Balaban J connectivity index is 1.54. The van der Waals surface area contributed by atoms with Gasteiger partial charge in [-0.15, -0.1) is 0 Å². The number of methoxy groups -OCH3 is 1. The van der Waals surface area contributed by atoms with Gasteiger partial charge in [-0.2, -0.15) is 0 Å². The molecule has 1 aliphatic carbocycles. The molecule has 0 amide bonds. The molecule has 0 radical (unpaired) electrons. The molecule has 2 fully saturated rings. The van der Waals surface area contributed by atoms with Gasteiger partial charge >= 0.3 is 0 Å². The molecule has 1 saturated heterocycles. The van der Waals surface area contributed by atoms with Crippen LogP contribution in [0.25, 0.3) is 17.0 Å². The third kappa shape index (κ3) is 4.28. The van der Waals surface area contributed by atoms with Crippen molar-refractivity contribution in [3.8, 4) is 5.75 Å². The average Bonchev–Trinajstić information content (AvgIpc) is 3.69. The number of benzene rings is 2. The normalized spacial score (nSPS) is 16.5. The monoisotopic (exact) mass is 447 g/mol. The summed E-state index contributed by atoms with van der Waals surface area (Å²) in [4.78, 5) is 28.2. The van der Waals surface area contributed by atoms with Gasteiger partial charge in [0.1, 0.15) is 11.6 Å². The number of carbonyl (C=O) groups is 1. The first-order valence-electron chi connectivity index (χ1n) is 11.3. The Morgan fingerprint density at radius 2 is 1.88 bits per heavy atom.